The molecule has 20 heavy (non-hydrogen) atoms. The van der Waals surface area contributed by atoms with Crippen LogP contribution in [0.25, 0.3) is 0 Å². The van der Waals surface area contributed by atoms with Crippen LogP contribution >= 0.6 is 0 Å². The van der Waals surface area contributed by atoms with Crippen molar-refractivity contribution >= 4 is 17.3 Å². The molecular formula is C16H23N3O. The number of amides is 1. The predicted octanol–water partition coefficient (Wildman–Crippen LogP) is 2.93. The number of nitrogen functional groups attached to an aromatic ring is 1. The topological polar surface area (TPSA) is 67.2 Å². The minimum atomic E-state index is -0.0932. The van der Waals surface area contributed by atoms with E-state index in [1.54, 1.807) is 19.2 Å². The van der Waals surface area contributed by atoms with Crippen molar-refractivity contribution in [2.75, 3.05) is 24.6 Å². The van der Waals surface area contributed by atoms with E-state index in [9.17, 15) is 4.79 Å². The molecule has 0 saturated carbocycles. The van der Waals surface area contributed by atoms with Gasteiger partial charge >= 0.3 is 0 Å². The zero-order chi connectivity index (χ0) is 14.4. The van der Waals surface area contributed by atoms with Gasteiger partial charge in [0.1, 0.15) is 0 Å². The second kappa shape index (κ2) is 6.98. The summed E-state index contributed by atoms with van der Waals surface area (Å²) in [5.74, 6) is -0.0932. The summed E-state index contributed by atoms with van der Waals surface area (Å²) in [6.07, 6.45) is 8.41. The van der Waals surface area contributed by atoms with Crippen molar-refractivity contribution < 1.29 is 4.79 Å². The van der Waals surface area contributed by atoms with Gasteiger partial charge in [-0.1, -0.05) is 11.6 Å². The molecule has 4 N–H and O–H groups in total. The minimum absolute atomic E-state index is 0.0932. The Bertz CT molecular complexity index is 508. The van der Waals surface area contributed by atoms with Gasteiger partial charge in [-0.15, -0.1) is 0 Å². The fourth-order valence-corrected chi connectivity index (χ4v) is 2.53. The molecule has 0 saturated heterocycles. The molecule has 0 atom stereocenters. The number of carbonyl (C=O) groups excluding carboxylic acids is 1. The second-order valence-electron chi connectivity index (χ2n) is 5.17. The van der Waals surface area contributed by atoms with Crippen LogP contribution in [0, 0.1) is 0 Å². The molecule has 0 spiro atoms. The number of nitrogens with one attached hydrogen (secondary N) is 2. The quantitative estimate of drug-likeness (QED) is 0.571. The summed E-state index contributed by atoms with van der Waals surface area (Å²) >= 11 is 0. The van der Waals surface area contributed by atoms with Crippen molar-refractivity contribution in [1.82, 2.24) is 5.32 Å². The third-order valence-corrected chi connectivity index (χ3v) is 3.66. The molecule has 4 nitrogen and oxygen atoms in total. The molecule has 0 radical (unpaired) electrons. The number of carbonyl (C=O) groups is 1. The highest BCUT2D eigenvalue weighted by Crippen LogP contribution is 2.22. The Labute approximate surface area is 120 Å². The van der Waals surface area contributed by atoms with Gasteiger partial charge in [0.2, 0.25) is 0 Å². The standard InChI is InChI=1S/C16H23N3O/c1-18-16(20)14-8-7-13(17)11-15(14)19-10-9-12-5-3-2-4-6-12/h5,7-8,11,19H,2-4,6,9-10,17H2,1H3,(H,18,20). The van der Waals surface area contributed by atoms with Crippen molar-refractivity contribution in [1.29, 1.82) is 0 Å². The van der Waals surface area contributed by atoms with E-state index in [4.69, 9.17) is 5.73 Å². The van der Waals surface area contributed by atoms with Gasteiger partial charge in [0.05, 0.1) is 5.56 Å². The van der Waals surface area contributed by atoms with E-state index in [0.717, 1.165) is 18.7 Å². The molecule has 4 heteroatoms. The Morgan fingerprint density at radius 1 is 1.35 bits per heavy atom. The first-order valence-corrected chi connectivity index (χ1v) is 7.24. The predicted molar refractivity (Wildman–Crippen MR) is 83.9 cm³/mol. The van der Waals surface area contributed by atoms with Crippen LogP contribution in [0.5, 0.6) is 0 Å². The third-order valence-electron chi connectivity index (χ3n) is 3.66. The highest BCUT2D eigenvalue weighted by atomic mass is 16.1. The fraction of sp³-hybridized carbons (Fsp3) is 0.438. The van der Waals surface area contributed by atoms with Gasteiger partial charge in [0.25, 0.3) is 5.91 Å². The molecule has 108 valence electrons. The Morgan fingerprint density at radius 3 is 2.90 bits per heavy atom. The molecule has 1 amide bonds. The van der Waals surface area contributed by atoms with Gasteiger partial charge in [0, 0.05) is 25.0 Å². The highest BCUT2D eigenvalue weighted by Gasteiger charge is 2.10. The van der Waals surface area contributed by atoms with Gasteiger partial charge in [-0.05, 0) is 50.3 Å². The maximum Gasteiger partial charge on any atom is 0.253 e. The van der Waals surface area contributed by atoms with Crippen molar-refractivity contribution in [2.45, 2.75) is 32.1 Å². The van der Waals surface area contributed by atoms with Crippen LogP contribution in [0.2, 0.25) is 0 Å². The highest BCUT2D eigenvalue weighted by molar-refractivity contribution is 6.00. The third kappa shape index (κ3) is 3.76. The SMILES string of the molecule is CNC(=O)c1ccc(N)cc1NCCC1=CCCCC1. The Balaban J connectivity index is 1.99. The number of allylic oxidation sites excluding steroid dienone is 1. The monoisotopic (exact) mass is 273 g/mol. The molecule has 0 aromatic heterocycles. The normalized spacial score (nSPS) is 14.6. The first-order valence-electron chi connectivity index (χ1n) is 7.24. The first kappa shape index (κ1) is 14.4. The summed E-state index contributed by atoms with van der Waals surface area (Å²) in [5, 5.41) is 5.98. The minimum Gasteiger partial charge on any atom is -0.399 e. The van der Waals surface area contributed by atoms with Crippen LogP contribution in [-0.2, 0) is 0 Å². The van der Waals surface area contributed by atoms with Crippen LogP contribution in [0.3, 0.4) is 0 Å². The molecule has 1 aliphatic rings. The first-order chi connectivity index (χ1) is 9.70. The molecule has 1 aromatic carbocycles. The van der Waals surface area contributed by atoms with Gasteiger partial charge in [0.15, 0.2) is 0 Å². The largest absolute Gasteiger partial charge is 0.399 e. The Hall–Kier alpha value is -1.97. The summed E-state index contributed by atoms with van der Waals surface area (Å²) in [4.78, 5) is 11.8. The lowest BCUT2D eigenvalue weighted by Crippen LogP contribution is -2.20. The van der Waals surface area contributed by atoms with Crippen molar-refractivity contribution in [3.05, 3.63) is 35.4 Å². The van der Waals surface area contributed by atoms with E-state index in [-0.39, 0.29) is 5.91 Å². The summed E-state index contributed by atoms with van der Waals surface area (Å²) < 4.78 is 0. The Kier molecular flexibility index (Phi) is 5.04. The molecule has 0 aliphatic heterocycles. The number of anilines is 2. The van der Waals surface area contributed by atoms with E-state index >= 15 is 0 Å². The van der Waals surface area contributed by atoms with E-state index < -0.39 is 0 Å². The maximum absolute atomic E-state index is 11.8. The van der Waals surface area contributed by atoms with Crippen molar-refractivity contribution in [3.8, 4) is 0 Å². The smallest absolute Gasteiger partial charge is 0.253 e. The van der Waals surface area contributed by atoms with E-state index in [1.165, 1.54) is 31.3 Å². The lowest BCUT2D eigenvalue weighted by molar-refractivity contribution is 0.0964. The second-order valence-corrected chi connectivity index (χ2v) is 5.17. The molecule has 0 fully saturated rings. The van der Waals surface area contributed by atoms with Crippen molar-refractivity contribution in [2.24, 2.45) is 0 Å². The van der Waals surface area contributed by atoms with Crippen molar-refractivity contribution in [3.63, 3.8) is 0 Å². The van der Waals surface area contributed by atoms with Gasteiger partial charge in [-0.2, -0.15) is 0 Å². The fourth-order valence-electron chi connectivity index (χ4n) is 2.53. The average Bonchev–Trinajstić information content (AvgIpc) is 2.48. The summed E-state index contributed by atoms with van der Waals surface area (Å²) in [7, 11) is 1.63. The number of rotatable bonds is 5. The summed E-state index contributed by atoms with van der Waals surface area (Å²) in [5.41, 5.74) is 9.43. The van der Waals surface area contributed by atoms with Gasteiger partial charge in [-0.25, -0.2) is 0 Å². The average molecular weight is 273 g/mol. The molecule has 0 unspecified atom stereocenters. The lowest BCUT2D eigenvalue weighted by Gasteiger charge is -2.15. The number of hydrogen-bond donors (Lipinski definition) is 3. The van der Waals surface area contributed by atoms with E-state index in [2.05, 4.69) is 16.7 Å². The summed E-state index contributed by atoms with van der Waals surface area (Å²) in [6.45, 7) is 0.833. The number of hydrogen-bond acceptors (Lipinski definition) is 3. The number of nitrogens with two attached hydrogens (primary N) is 1. The van der Waals surface area contributed by atoms with Crippen LogP contribution in [0.1, 0.15) is 42.5 Å². The van der Waals surface area contributed by atoms with Gasteiger partial charge in [-0.3, -0.25) is 4.79 Å². The molecule has 1 aliphatic carbocycles. The zero-order valence-electron chi connectivity index (χ0n) is 12.0. The molecule has 2 rings (SSSR count). The molecule has 1 aromatic rings. The van der Waals surface area contributed by atoms with Crippen LogP contribution < -0.4 is 16.4 Å². The zero-order valence-corrected chi connectivity index (χ0v) is 12.0. The van der Waals surface area contributed by atoms with E-state index in [1.807, 2.05) is 6.07 Å². The summed E-state index contributed by atoms with van der Waals surface area (Å²) in [6, 6.07) is 5.33. The van der Waals surface area contributed by atoms with Gasteiger partial charge < -0.3 is 16.4 Å². The molecular weight excluding hydrogens is 250 g/mol. The molecule has 0 heterocycles. The van der Waals surface area contributed by atoms with Crippen LogP contribution in [-0.4, -0.2) is 19.5 Å². The van der Waals surface area contributed by atoms with Crippen LogP contribution in [0.15, 0.2) is 29.8 Å². The van der Waals surface area contributed by atoms with E-state index in [0.29, 0.717) is 11.3 Å². The Morgan fingerprint density at radius 2 is 2.20 bits per heavy atom. The van der Waals surface area contributed by atoms with Crippen LogP contribution in [0.4, 0.5) is 11.4 Å². The number of benzene rings is 1. The lowest BCUT2D eigenvalue weighted by atomic mass is 9.97. The molecule has 0 bridgehead atoms. The maximum atomic E-state index is 11.8.